The summed E-state index contributed by atoms with van der Waals surface area (Å²) in [5.74, 6) is 1.39. The van der Waals surface area contributed by atoms with Crippen LogP contribution >= 0.6 is 0 Å². The first kappa shape index (κ1) is 8.81. The lowest BCUT2D eigenvalue weighted by Gasteiger charge is -2.06. The first-order chi connectivity index (χ1) is 6.81. The molecule has 0 spiro atoms. The third-order valence-corrected chi connectivity index (χ3v) is 2.01. The van der Waals surface area contributed by atoms with Crippen molar-refractivity contribution in [1.82, 2.24) is 4.98 Å². The lowest BCUT2D eigenvalue weighted by atomic mass is 10.2. The summed E-state index contributed by atoms with van der Waals surface area (Å²) >= 11 is 0. The van der Waals surface area contributed by atoms with Gasteiger partial charge in [-0.25, -0.2) is 4.98 Å². The van der Waals surface area contributed by atoms with Crippen molar-refractivity contribution in [3.05, 3.63) is 30.3 Å². The summed E-state index contributed by atoms with van der Waals surface area (Å²) in [5.41, 5.74) is 6.47. The zero-order chi connectivity index (χ0) is 9.97. The lowest BCUT2D eigenvalue weighted by Crippen LogP contribution is -1.94. The number of fused-ring (bicyclic) bond motifs is 1. The summed E-state index contributed by atoms with van der Waals surface area (Å²) in [7, 11) is 0. The molecule has 3 nitrogen and oxygen atoms in total. The van der Waals surface area contributed by atoms with Gasteiger partial charge >= 0.3 is 0 Å². The number of nitrogen functional groups attached to an aromatic ring is 1. The largest absolute Gasteiger partial charge is 0.493 e. The van der Waals surface area contributed by atoms with E-state index >= 15 is 0 Å². The molecule has 0 saturated carbocycles. The molecule has 0 fully saturated rings. The summed E-state index contributed by atoms with van der Waals surface area (Å²) in [6, 6.07) is 9.49. The molecule has 0 amide bonds. The molecule has 1 aromatic carbocycles. The minimum absolute atomic E-state index is 0.533. The van der Waals surface area contributed by atoms with E-state index in [4.69, 9.17) is 10.5 Å². The molecular weight excluding hydrogens is 176 g/mol. The van der Waals surface area contributed by atoms with Crippen LogP contribution < -0.4 is 10.5 Å². The zero-order valence-electron chi connectivity index (χ0n) is 8.03. The van der Waals surface area contributed by atoms with Crippen molar-refractivity contribution in [2.45, 2.75) is 6.92 Å². The Kier molecular flexibility index (Phi) is 2.23. The Balaban J connectivity index is 2.62. The molecule has 3 heteroatoms. The Labute approximate surface area is 82.5 Å². The monoisotopic (exact) mass is 188 g/mol. The second-order valence-corrected chi connectivity index (χ2v) is 2.99. The van der Waals surface area contributed by atoms with E-state index in [2.05, 4.69) is 4.98 Å². The molecule has 0 radical (unpaired) electrons. The fraction of sp³-hybridized carbons (Fsp3) is 0.182. The van der Waals surface area contributed by atoms with Crippen molar-refractivity contribution in [1.29, 1.82) is 0 Å². The van der Waals surface area contributed by atoms with E-state index in [1.165, 1.54) is 0 Å². The highest BCUT2D eigenvalue weighted by Crippen LogP contribution is 2.24. The Morgan fingerprint density at radius 1 is 1.29 bits per heavy atom. The van der Waals surface area contributed by atoms with Crippen molar-refractivity contribution in [3.63, 3.8) is 0 Å². The highest BCUT2D eigenvalue weighted by Gasteiger charge is 2.01. The van der Waals surface area contributed by atoms with E-state index in [0.717, 1.165) is 16.7 Å². The fourth-order valence-corrected chi connectivity index (χ4v) is 1.42. The molecule has 0 aliphatic carbocycles. The smallest absolute Gasteiger partial charge is 0.128 e. The molecule has 14 heavy (non-hydrogen) atoms. The van der Waals surface area contributed by atoms with Crippen LogP contribution in [-0.2, 0) is 0 Å². The molecule has 72 valence electrons. The molecule has 2 rings (SSSR count). The van der Waals surface area contributed by atoms with Crippen molar-refractivity contribution in [3.8, 4) is 5.75 Å². The van der Waals surface area contributed by atoms with Gasteiger partial charge < -0.3 is 10.5 Å². The minimum Gasteiger partial charge on any atom is -0.493 e. The summed E-state index contributed by atoms with van der Waals surface area (Å²) < 4.78 is 5.48. The van der Waals surface area contributed by atoms with Crippen LogP contribution in [0.1, 0.15) is 6.92 Å². The maximum Gasteiger partial charge on any atom is 0.128 e. The number of nitrogens with zero attached hydrogens (tertiary/aromatic N) is 1. The Morgan fingerprint density at radius 3 is 2.93 bits per heavy atom. The molecule has 0 aliphatic heterocycles. The zero-order valence-corrected chi connectivity index (χ0v) is 8.03. The lowest BCUT2D eigenvalue weighted by molar-refractivity contribution is 0.344. The van der Waals surface area contributed by atoms with Gasteiger partial charge in [0.25, 0.3) is 0 Å². The van der Waals surface area contributed by atoms with Crippen LogP contribution in [-0.4, -0.2) is 11.6 Å². The van der Waals surface area contributed by atoms with Crippen LogP contribution in [0.5, 0.6) is 5.75 Å². The third-order valence-electron chi connectivity index (χ3n) is 2.01. The van der Waals surface area contributed by atoms with E-state index in [1.54, 1.807) is 6.07 Å². The Hall–Kier alpha value is -1.77. The van der Waals surface area contributed by atoms with Crippen molar-refractivity contribution in [2.75, 3.05) is 12.3 Å². The van der Waals surface area contributed by atoms with Gasteiger partial charge in [0.2, 0.25) is 0 Å². The fourth-order valence-electron chi connectivity index (χ4n) is 1.42. The molecule has 0 atom stereocenters. The third kappa shape index (κ3) is 1.48. The normalized spacial score (nSPS) is 10.4. The highest BCUT2D eigenvalue weighted by molar-refractivity contribution is 5.86. The van der Waals surface area contributed by atoms with Crippen molar-refractivity contribution < 1.29 is 4.74 Å². The van der Waals surface area contributed by atoms with E-state index in [-0.39, 0.29) is 0 Å². The SMILES string of the molecule is CCOc1cccc2nc(N)ccc12. The van der Waals surface area contributed by atoms with Gasteiger partial charge in [-0.3, -0.25) is 0 Å². The topological polar surface area (TPSA) is 48.1 Å². The van der Waals surface area contributed by atoms with E-state index in [0.29, 0.717) is 12.4 Å². The maximum atomic E-state index is 5.60. The summed E-state index contributed by atoms with van der Waals surface area (Å²) in [6.07, 6.45) is 0. The highest BCUT2D eigenvalue weighted by atomic mass is 16.5. The molecule has 1 aromatic heterocycles. The summed E-state index contributed by atoms with van der Waals surface area (Å²) in [5, 5.41) is 1.00. The number of anilines is 1. The van der Waals surface area contributed by atoms with Crippen LogP contribution in [0.15, 0.2) is 30.3 Å². The van der Waals surface area contributed by atoms with E-state index in [1.807, 2.05) is 31.2 Å². The van der Waals surface area contributed by atoms with Crippen LogP contribution in [0.2, 0.25) is 0 Å². The van der Waals surface area contributed by atoms with Crippen LogP contribution in [0.25, 0.3) is 10.9 Å². The van der Waals surface area contributed by atoms with E-state index in [9.17, 15) is 0 Å². The second kappa shape index (κ2) is 3.54. The maximum absolute atomic E-state index is 5.60. The minimum atomic E-state index is 0.533. The van der Waals surface area contributed by atoms with Gasteiger partial charge in [-0.1, -0.05) is 6.07 Å². The molecule has 0 aliphatic rings. The Morgan fingerprint density at radius 2 is 2.14 bits per heavy atom. The first-order valence-electron chi connectivity index (χ1n) is 4.59. The van der Waals surface area contributed by atoms with E-state index < -0.39 is 0 Å². The molecular formula is C11H12N2O. The van der Waals surface area contributed by atoms with Gasteiger partial charge in [0.1, 0.15) is 11.6 Å². The molecule has 0 saturated heterocycles. The number of rotatable bonds is 2. The van der Waals surface area contributed by atoms with Crippen LogP contribution in [0.4, 0.5) is 5.82 Å². The molecule has 2 aromatic rings. The number of pyridine rings is 1. The molecule has 0 unspecified atom stereocenters. The van der Waals surface area contributed by atoms with Crippen molar-refractivity contribution >= 4 is 16.7 Å². The summed E-state index contributed by atoms with van der Waals surface area (Å²) in [6.45, 7) is 2.62. The number of aromatic nitrogens is 1. The average Bonchev–Trinajstić information content (AvgIpc) is 2.18. The van der Waals surface area contributed by atoms with Crippen LogP contribution in [0, 0.1) is 0 Å². The molecule has 1 heterocycles. The van der Waals surface area contributed by atoms with Gasteiger partial charge in [0, 0.05) is 5.39 Å². The number of hydrogen-bond donors (Lipinski definition) is 1. The number of ether oxygens (including phenoxy) is 1. The second-order valence-electron chi connectivity index (χ2n) is 2.99. The number of benzene rings is 1. The van der Waals surface area contributed by atoms with Gasteiger partial charge in [0.15, 0.2) is 0 Å². The quantitative estimate of drug-likeness (QED) is 0.786. The number of hydrogen-bond acceptors (Lipinski definition) is 3. The predicted octanol–water partition coefficient (Wildman–Crippen LogP) is 2.22. The van der Waals surface area contributed by atoms with Gasteiger partial charge in [-0.05, 0) is 31.2 Å². The standard InChI is InChI=1S/C11H12N2O/c1-2-14-10-5-3-4-9-8(10)6-7-11(12)13-9/h3-7H,2H2,1H3,(H2,12,13). The molecule has 0 bridgehead atoms. The van der Waals surface area contributed by atoms with Crippen molar-refractivity contribution in [2.24, 2.45) is 0 Å². The Bertz CT molecular complexity index is 454. The first-order valence-corrected chi connectivity index (χ1v) is 4.59. The van der Waals surface area contributed by atoms with Crippen LogP contribution in [0.3, 0.4) is 0 Å². The average molecular weight is 188 g/mol. The van der Waals surface area contributed by atoms with Gasteiger partial charge in [-0.15, -0.1) is 0 Å². The van der Waals surface area contributed by atoms with Gasteiger partial charge in [0.05, 0.1) is 12.1 Å². The predicted molar refractivity (Wildman–Crippen MR) is 57.3 cm³/mol. The number of nitrogens with two attached hydrogens (primary N) is 1. The molecule has 2 N–H and O–H groups in total. The van der Waals surface area contributed by atoms with Gasteiger partial charge in [-0.2, -0.15) is 0 Å². The summed E-state index contributed by atoms with van der Waals surface area (Å²) in [4.78, 5) is 4.22.